The zero-order chi connectivity index (χ0) is 17.4. The van der Waals surface area contributed by atoms with Crippen molar-refractivity contribution in [2.24, 2.45) is 0 Å². The lowest BCUT2D eigenvalue weighted by molar-refractivity contribution is 0.317. The molecule has 1 aliphatic heterocycles. The third-order valence-corrected chi connectivity index (χ3v) is 6.81. The monoisotopic (exact) mass is 358 g/mol. The second kappa shape index (κ2) is 6.28. The summed E-state index contributed by atoms with van der Waals surface area (Å²) in [6.45, 7) is 0.944. The van der Waals surface area contributed by atoms with Crippen molar-refractivity contribution >= 4 is 20.9 Å². The first-order valence-electron chi connectivity index (χ1n) is 8.37. The molecular weight excluding hydrogens is 339 g/mol. The molecule has 0 saturated carbocycles. The van der Waals surface area contributed by atoms with Gasteiger partial charge < -0.3 is 4.98 Å². The van der Waals surface area contributed by atoms with E-state index in [1.54, 1.807) is 0 Å². The van der Waals surface area contributed by atoms with Crippen molar-refractivity contribution in [3.63, 3.8) is 0 Å². The molecule has 1 aliphatic rings. The Bertz CT molecular complexity index is 955. The molecule has 0 unspecified atom stereocenters. The van der Waals surface area contributed by atoms with Crippen LogP contribution in [-0.4, -0.2) is 30.8 Å². The smallest absolute Gasteiger partial charge is 0.243 e. The zero-order valence-corrected chi connectivity index (χ0v) is 14.5. The van der Waals surface area contributed by atoms with Gasteiger partial charge in [0.25, 0.3) is 0 Å². The van der Waals surface area contributed by atoms with Crippen LogP contribution in [0.3, 0.4) is 0 Å². The predicted molar refractivity (Wildman–Crippen MR) is 95.4 cm³/mol. The lowest BCUT2D eigenvalue weighted by atomic mass is 9.95. The molecule has 1 fully saturated rings. The van der Waals surface area contributed by atoms with E-state index in [1.807, 2.05) is 18.2 Å². The Morgan fingerprint density at radius 2 is 1.68 bits per heavy atom. The summed E-state index contributed by atoms with van der Waals surface area (Å²) in [6.07, 6.45) is 1.54. The van der Waals surface area contributed by atoms with Gasteiger partial charge in [-0.15, -0.1) is 0 Å². The molecule has 130 valence electrons. The van der Waals surface area contributed by atoms with Crippen LogP contribution in [0.1, 0.15) is 24.5 Å². The maximum atomic E-state index is 13.0. The molecule has 2 aromatic carbocycles. The Balaban J connectivity index is 1.50. The van der Waals surface area contributed by atoms with Gasteiger partial charge in [-0.3, -0.25) is 0 Å². The maximum absolute atomic E-state index is 13.0. The number of rotatable bonds is 3. The Labute approximate surface area is 146 Å². The third-order valence-electron chi connectivity index (χ3n) is 4.90. The molecule has 1 aromatic heterocycles. The van der Waals surface area contributed by atoms with Crippen LogP contribution in [0, 0.1) is 5.82 Å². The number of halogens is 1. The summed E-state index contributed by atoms with van der Waals surface area (Å²) < 4.78 is 39.9. The van der Waals surface area contributed by atoms with Crippen LogP contribution in [0.4, 0.5) is 4.39 Å². The second-order valence-electron chi connectivity index (χ2n) is 6.44. The summed E-state index contributed by atoms with van der Waals surface area (Å²) >= 11 is 0. The van der Waals surface area contributed by atoms with E-state index in [4.69, 9.17) is 0 Å². The summed E-state index contributed by atoms with van der Waals surface area (Å²) in [7, 11) is -3.55. The van der Waals surface area contributed by atoms with E-state index >= 15 is 0 Å². The fourth-order valence-corrected chi connectivity index (χ4v) is 4.95. The average molecular weight is 358 g/mol. The number of nitrogens with one attached hydrogen (secondary N) is 1. The molecule has 1 N–H and O–H groups in total. The highest BCUT2D eigenvalue weighted by atomic mass is 32.2. The largest absolute Gasteiger partial charge is 0.358 e. The lowest BCUT2D eigenvalue weighted by Gasteiger charge is -2.30. The fraction of sp³-hybridized carbons (Fsp3) is 0.263. The van der Waals surface area contributed by atoms with Crippen molar-refractivity contribution in [1.82, 2.24) is 9.29 Å². The van der Waals surface area contributed by atoms with Crippen LogP contribution in [0.15, 0.2) is 59.5 Å². The number of fused-ring (bicyclic) bond motifs is 1. The van der Waals surface area contributed by atoms with Gasteiger partial charge in [-0.1, -0.05) is 18.2 Å². The molecule has 0 atom stereocenters. The molecule has 0 spiro atoms. The predicted octanol–water partition coefficient (Wildman–Crippen LogP) is 3.88. The first-order chi connectivity index (χ1) is 12.0. The highest BCUT2D eigenvalue weighted by Gasteiger charge is 2.30. The molecule has 2 heterocycles. The molecule has 0 aliphatic carbocycles. The van der Waals surface area contributed by atoms with Gasteiger partial charge in [-0.2, -0.15) is 4.31 Å². The lowest BCUT2D eigenvalue weighted by Crippen LogP contribution is -2.37. The van der Waals surface area contributed by atoms with Gasteiger partial charge >= 0.3 is 0 Å². The standard InChI is InChI=1S/C19H19FN2O2S/c20-16-5-7-17(8-6-16)25(23,24)22-11-9-14(10-12-22)19-13-15-3-1-2-4-18(15)21-19/h1-8,13-14,21H,9-12H2. The van der Waals surface area contributed by atoms with Gasteiger partial charge in [0.2, 0.25) is 10.0 Å². The van der Waals surface area contributed by atoms with Gasteiger partial charge in [0, 0.05) is 30.2 Å². The average Bonchev–Trinajstić information content (AvgIpc) is 3.06. The molecule has 4 rings (SSSR count). The van der Waals surface area contributed by atoms with Crippen molar-refractivity contribution in [1.29, 1.82) is 0 Å². The van der Waals surface area contributed by atoms with Crippen LogP contribution in [0.2, 0.25) is 0 Å². The SMILES string of the molecule is O=S(=O)(c1ccc(F)cc1)N1CCC(c2cc3ccccc3[nH]2)CC1. The summed E-state index contributed by atoms with van der Waals surface area (Å²) in [6, 6.07) is 15.3. The van der Waals surface area contributed by atoms with Crippen molar-refractivity contribution < 1.29 is 12.8 Å². The van der Waals surface area contributed by atoms with E-state index in [9.17, 15) is 12.8 Å². The quantitative estimate of drug-likeness (QED) is 0.773. The second-order valence-corrected chi connectivity index (χ2v) is 8.38. The Kier molecular flexibility index (Phi) is 4.09. The minimum Gasteiger partial charge on any atom is -0.358 e. The summed E-state index contributed by atoms with van der Waals surface area (Å²) in [5, 5.41) is 1.18. The van der Waals surface area contributed by atoms with Crippen LogP contribution >= 0.6 is 0 Å². The molecule has 4 nitrogen and oxygen atoms in total. The van der Waals surface area contributed by atoms with E-state index < -0.39 is 15.8 Å². The summed E-state index contributed by atoms with van der Waals surface area (Å²) in [5.41, 5.74) is 2.28. The van der Waals surface area contributed by atoms with Gasteiger partial charge in [-0.25, -0.2) is 12.8 Å². The van der Waals surface area contributed by atoms with Crippen molar-refractivity contribution in [3.05, 3.63) is 66.1 Å². The van der Waals surface area contributed by atoms with Crippen molar-refractivity contribution in [2.45, 2.75) is 23.7 Å². The molecule has 25 heavy (non-hydrogen) atoms. The number of aromatic amines is 1. The van der Waals surface area contributed by atoms with E-state index in [0.29, 0.717) is 19.0 Å². The van der Waals surface area contributed by atoms with E-state index in [1.165, 1.54) is 39.7 Å². The van der Waals surface area contributed by atoms with Crippen LogP contribution < -0.4 is 0 Å². The van der Waals surface area contributed by atoms with Gasteiger partial charge in [0.05, 0.1) is 4.90 Å². The molecule has 0 radical (unpaired) electrons. The minimum absolute atomic E-state index is 0.151. The number of hydrogen-bond acceptors (Lipinski definition) is 2. The molecule has 1 saturated heterocycles. The summed E-state index contributed by atoms with van der Waals surface area (Å²) in [4.78, 5) is 3.60. The Morgan fingerprint density at radius 3 is 2.36 bits per heavy atom. The van der Waals surface area contributed by atoms with E-state index in [-0.39, 0.29) is 4.90 Å². The topological polar surface area (TPSA) is 53.2 Å². The highest BCUT2D eigenvalue weighted by molar-refractivity contribution is 7.89. The van der Waals surface area contributed by atoms with Crippen LogP contribution in [0.25, 0.3) is 10.9 Å². The first-order valence-corrected chi connectivity index (χ1v) is 9.81. The normalized spacial score (nSPS) is 17.2. The number of para-hydroxylation sites is 1. The van der Waals surface area contributed by atoms with Gasteiger partial charge in [-0.05, 0) is 54.6 Å². The Hall–Kier alpha value is -2.18. The number of H-pyrrole nitrogens is 1. The number of aromatic nitrogens is 1. The maximum Gasteiger partial charge on any atom is 0.243 e. The number of sulfonamides is 1. The molecule has 3 aromatic rings. The van der Waals surface area contributed by atoms with Gasteiger partial charge in [0.1, 0.15) is 5.82 Å². The number of benzene rings is 2. The molecular formula is C19H19FN2O2S. The molecule has 6 heteroatoms. The number of nitrogens with zero attached hydrogens (tertiary/aromatic N) is 1. The summed E-state index contributed by atoms with van der Waals surface area (Å²) in [5.74, 6) is -0.108. The molecule has 0 amide bonds. The van der Waals surface area contributed by atoms with Crippen LogP contribution in [0.5, 0.6) is 0 Å². The zero-order valence-electron chi connectivity index (χ0n) is 13.7. The minimum atomic E-state index is -3.55. The number of piperidine rings is 1. The first kappa shape index (κ1) is 16.3. The van der Waals surface area contributed by atoms with Crippen molar-refractivity contribution in [3.8, 4) is 0 Å². The van der Waals surface area contributed by atoms with E-state index in [0.717, 1.165) is 18.4 Å². The number of hydrogen-bond donors (Lipinski definition) is 1. The van der Waals surface area contributed by atoms with Crippen molar-refractivity contribution in [2.75, 3.05) is 13.1 Å². The highest BCUT2D eigenvalue weighted by Crippen LogP contribution is 2.32. The third kappa shape index (κ3) is 3.07. The fourth-order valence-electron chi connectivity index (χ4n) is 3.48. The van der Waals surface area contributed by atoms with Crippen LogP contribution in [-0.2, 0) is 10.0 Å². The Morgan fingerprint density at radius 1 is 1.00 bits per heavy atom. The van der Waals surface area contributed by atoms with E-state index in [2.05, 4.69) is 17.1 Å². The van der Waals surface area contributed by atoms with Gasteiger partial charge in [0.15, 0.2) is 0 Å². The molecule has 0 bridgehead atoms.